The Morgan fingerprint density at radius 3 is 2.44 bits per heavy atom. The molecule has 0 aliphatic carbocycles. The number of carbonyl (C=O) groups is 2. The molecule has 39 heavy (non-hydrogen) atoms. The highest BCUT2D eigenvalue weighted by molar-refractivity contribution is 6.31. The van der Waals surface area contributed by atoms with Gasteiger partial charge in [0.1, 0.15) is 11.6 Å². The Labute approximate surface area is 224 Å². The molecule has 3 N–H and O–H groups in total. The van der Waals surface area contributed by atoms with E-state index in [-0.39, 0.29) is 32.8 Å². The van der Waals surface area contributed by atoms with Crippen LogP contribution in [0.25, 0.3) is 0 Å². The van der Waals surface area contributed by atoms with Gasteiger partial charge in [0, 0.05) is 70.2 Å². The van der Waals surface area contributed by atoms with Crippen molar-refractivity contribution >= 4 is 34.8 Å². The molecule has 3 aromatic rings. The van der Waals surface area contributed by atoms with Gasteiger partial charge in [-0.1, -0.05) is 11.6 Å². The normalized spacial score (nSPS) is 19.3. The molecule has 202 valence electrons. The molecular weight excluding hydrogens is 543 g/mol. The van der Waals surface area contributed by atoms with Gasteiger partial charge in [0.05, 0.1) is 11.6 Å². The Morgan fingerprint density at radius 2 is 1.77 bits per heavy atom. The van der Waals surface area contributed by atoms with Gasteiger partial charge >= 0.3 is 6.18 Å². The van der Waals surface area contributed by atoms with Crippen LogP contribution in [0.4, 0.5) is 33.3 Å². The third-order valence-electron chi connectivity index (χ3n) is 7.40. The molecule has 2 amide bonds. The monoisotopic (exact) mass is 562 g/mol. The number of hydrogen-bond acceptors (Lipinski definition) is 4. The summed E-state index contributed by atoms with van der Waals surface area (Å²) in [4.78, 5) is 28.2. The number of carbonyl (C=O) groups excluding carboxylic acids is 2. The number of alkyl halides is 3. The fraction of sp³-hybridized carbons (Fsp3) is 0.259. The van der Waals surface area contributed by atoms with Gasteiger partial charge in [0.25, 0.3) is 11.8 Å². The summed E-state index contributed by atoms with van der Waals surface area (Å²) < 4.78 is 67.9. The summed E-state index contributed by atoms with van der Waals surface area (Å²) in [6.45, 7) is 3.15. The number of benzene rings is 3. The number of nitrogens with zero attached hydrogens (tertiary/aromatic N) is 1. The largest absolute Gasteiger partial charge is 0.416 e. The minimum atomic E-state index is -4.86. The van der Waals surface area contributed by atoms with E-state index >= 15 is 0 Å². The fourth-order valence-electron chi connectivity index (χ4n) is 5.40. The summed E-state index contributed by atoms with van der Waals surface area (Å²) in [7, 11) is 0. The number of halogens is 6. The summed E-state index contributed by atoms with van der Waals surface area (Å²) in [5.41, 5.74) is -0.276. The Hall–Kier alpha value is -3.70. The third kappa shape index (κ3) is 4.49. The smallest absolute Gasteiger partial charge is 0.370 e. The Morgan fingerprint density at radius 1 is 1.03 bits per heavy atom. The molecule has 1 spiro atoms. The predicted octanol–water partition coefficient (Wildman–Crippen LogP) is 5.13. The van der Waals surface area contributed by atoms with Crippen LogP contribution in [-0.4, -0.2) is 38.0 Å². The number of fused-ring (bicyclic) bond motifs is 1. The molecule has 0 radical (unpaired) electrons. The maximum Gasteiger partial charge on any atom is 0.416 e. The lowest BCUT2D eigenvalue weighted by molar-refractivity contribution is -0.137. The van der Waals surface area contributed by atoms with E-state index in [1.165, 1.54) is 6.07 Å². The molecule has 2 fully saturated rings. The van der Waals surface area contributed by atoms with Crippen molar-refractivity contribution in [1.29, 1.82) is 0 Å². The van der Waals surface area contributed by atoms with E-state index in [1.54, 1.807) is 12.1 Å². The first-order valence-corrected chi connectivity index (χ1v) is 12.4. The Balaban J connectivity index is 1.43. The first-order valence-electron chi connectivity index (χ1n) is 12.0. The van der Waals surface area contributed by atoms with Crippen molar-refractivity contribution in [2.24, 2.45) is 5.41 Å². The van der Waals surface area contributed by atoms with Gasteiger partial charge < -0.3 is 20.9 Å². The van der Waals surface area contributed by atoms with Crippen molar-refractivity contribution in [2.75, 3.05) is 36.4 Å². The molecule has 3 aromatic carbocycles. The molecule has 0 bridgehead atoms. The summed E-state index contributed by atoms with van der Waals surface area (Å²) in [5, 5.41) is 8.72. The van der Waals surface area contributed by atoms with E-state index in [1.807, 2.05) is 4.90 Å². The van der Waals surface area contributed by atoms with E-state index in [2.05, 4.69) is 16.0 Å². The van der Waals surface area contributed by atoms with Crippen LogP contribution in [0, 0.1) is 17.0 Å². The quantitative estimate of drug-likeness (QED) is 0.386. The molecule has 1 atom stereocenters. The second-order valence-corrected chi connectivity index (χ2v) is 10.6. The highest BCUT2D eigenvalue weighted by Gasteiger charge is 2.48. The molecule has 2 saturated heterocycles. The Kier molecular flexibility index (Phi) is 5.85. The molecular formula is C27H20ClF5N4O2. The van der Waals surface area contributed by atoms with Crippen molar-refractivity contribution in [3.8, 4) is 0 Å². The van der Waals surface area contributed by atoms with Crippen molar-refractivity contribution in [1.82, 2.24) is 10.6 Å². The van der Waals surface area contributed by atoms with E-state index in [0.29, 0.717) is 37.0 Å². The van der Waals surface area contributed by atoms with Crippen molar-refractivity contribution in [3.05, 3.63) is 93.0 Å². The summed E-state index contributed by atoms with van der Waals surface area (Å²) in [6.07, 6.45) is -4.86. The van der Waals surface area contributed by atoms with Gasteiger partial charge in [0.15, 0.2) is 0 Å². The summed E-state index contributed by atoms with van der Waals surface area (Å²) in [5.74, 6) is -3.32. The molecule has 0 aromatic heterocycles. The average Bonchev–Trinajstić information content (AvgIpc) is 3.14. The second-order valence-electron chi connectivity index (χ2n) is 10.2. The standard InChI is InChI=1S/C27H20ClF5N4O2/c28-20-2-1-15(29)6-18(20)23-22-19(25(39)36-23)7-17(37-11-26(12-37)9-34-10-26)8-21(22)35-24(38)13-3-14(27(31,32)33)5-16(30)4-13/h1-8,23,34H,9-12H2,(H,35,38)(H,36,39). The van der Waals surface area contributed by atoms with Crippen LogP contribution in [-0.2, 0) is 6.18 Å². The number of rotatable bonds is 4. The molecule has 3 heterocycles. The predicted molar refractivity (Wildman–Crippen MR) is 134 cm³/mol. The SMILES string of the molecule is O=C(Nc1cc(N2CC3(CNC3)C2)cc2c1C(c1cc(F)ccc1Cl)NC2=O)c1cc(F)cc(C(F)(F)F)c1. The van der Waals surface area contributed by atoms with Gasteiger partial charge in [-0.25, -0.2) is 8.78 Å². The van der Waals surface area contributed by atoms with Crippen molar-refractivity contribution < 1.29 is 31.5 Å². The zero-order valence-electron chi connectivity index (χ0n) is 20.1. The number of amides is 2. The van der Waals surface area contributed by atoms with Crippen LogP contribution in [0.1, 0.15) is 43.4 Å². The third-order valence-corrected chi connectivity index (χ3v) is 7.74. The number of nitrogens with one attached hydrogen (secondary N) is 3. The van der Waals surface area contributed by atoms with Crippen LogP contribution >= 0.6 is 11.6 Å². The molecule has 12 heteroatoms. The van der Waals surface area contributed by atoms with Gasteiger partial charge in [0.2, 0.25) is 0 Å². The molecule has 6 rings (SSSR count). The molecule has 3 aliphatic heterocycles. The summed E-state index contributed by atoms with van der Waals surface area (Å²) in [6, 6.07) is 7.53. The summed E-state index contributed by atoms with van der Waals surface area (Å²) >= 11 is 6.32. The minimum absolute atomic E-state index is 0.113. The number of anilines is 2. The second kappa shape index (κ2) is 8.92. The zero-order chi connectivity index (χ0) is 27.7. The van der Waals surface area contributed by atoms with Crippen LogP contribution in [0.3, 0.4) is 0 Å². The van der Waals surface area contributed by atoms with Gasteiger partial charge in [-0.05, 0) is 48.5 Å². The maximum absolute atomic E-state index is 14.1. The van der Waals surface area contributed by atoms with Gasteiger partial charge in [-0.2, -0.15) is 13.2 Å². The van der Waals surface area contributed by atoms with Gasteiger partial charge in [-0.3, -0.25) is 9.59 Å². The van der Waals surface area contributed by atoms with Crippen LogP contribution in [0.5, 0.6) is 0 Å². The maximum atomic E-state index is 14.1. The van der Waals surface area contributed by atoms with Crippen molar-refractivity contribution in [3.63, 3.8) is 0 Å². The number of hydrogen-bond donors (Lipinski definition) is 3. The highest BCUT2D eigenvalue weighted by atomic mass is 35.5. The van der Waals surface area contributed by atoms with E-state index in [4.69, 9.17) is 11.6 Å². The molecule has 0 saturated carbocycles. The topological polar surface area (TPSA) is 73.5 Å². The van der Waals surface area contributed by atoms with Crippen LogP contribution in [0.2, 0.25) is 5.02 Å². The zero-order valence-corrected chi connectivity index (χ0v) is 20.8. The first-order chi connectivity index (χ1) is 18.4. The van der Waals surface area contributed by atoms with Crippen LogP contribution < -0.4 is 20.9 Å². The van der Waals surface area contributed by atoms with Gasteiger partial charge in [-0.15, -0.1) is 0 Å². The van der Waals surface area contributed by atoms with Crippen LogP contribution in [0.15, 0.2) is 48.5 Å². The van der Waals surface area contributed by atoms with Crippen molar-refractivity contribution in [2.45, 2.75) is 12.2 Å². The Bertz CT molecular complexity index is 1530. The average molecular weight is 563 g/mol. The first kappa shape index (κ1) is 25.6. The lowest BCUT2D eigenvalue weighted by Gasteiger charge is -2.57. The molecule has 3 aliphatic rings. The van der Waals surface area contributed by atoms with E-state index in [0.717, 1.165) is 25.2 Å². The fourth-order valence-corrected chi connectivity index (χ4v) is 5.63. The highest BCUT2D eigenvalue weighted by Crippen LogP contribution is 2.44. The van der Waals surface area contributed by atoms with E-state index < -0.39 is 46.8 Å². The molecule has 1 unspecified atom stereocenters. The van der Waals surface area contributed by atoms with E-state index in [9.17, 15) is 31.5 Å². The molecule has 6 nitrogen and oxygen atoms in total. The lowest BCUT2D eigenvalue weighted by Crippen LogP contribution is -2.71. The minimum Gasteiger partial charge on any atom is -0.370 e. The lowest BCUT2D eigenvalue weighted by atomic mass is 9.74.